The van der Waals surface area contributed by atoms with Gasteiger partial charge in [0.2, 0.25) is 4.90 Å². The number of esters is 2. The normalized spacial score (nSPS) is 13.9. The van der Waals surface area contributed by atoms with E-state index >= 15 is 0 Å². The van der Waals surface area contributed by atoms with Crippen molar-refractivity contribution < 1.29 is 28.2 Å². The molecule has 0 saturated heterocycles. The standard InChI is InChI=1S/C35H28FO5S/c1-39-29-17-14-25(22-32(29)42-30-10-4-2-8-27(30)28-9-3-5-11-31(28)42)34(38)40-23-33(37)41-35(19-6-7-20-35)21-18-24-12-15-26(36)16-13-24/h2-5,8-17,22H,6-7,19-20,23H2,1H3/q+1. The molecule has 0 bridgehead atoms. The molecule has 42 heavy (non-hydrogen) atoms. The average Bonchev–Trinajstić information content (AvgIpc) is 3.62. The van der Waals surface area contributed by atoms with Crippen LogP contribution in [0.1, 0.15) is 41.6 Å². The monoisotopic (exact) mass is 579 g/mol. The molecule has 1 heterocycles. The zero-order valence-corrected chi connectivity index (χ0v) is 23.8. The maximum absolute atomic E-state index is 13.2. The Morgan fingerprint density at radius 2 is 1.52 bits per heavy atom. The summed E-state index contributed by atoms with van der Waals surface area (Å²) in [6, 6.07) is 27.6. The first-order valence-corrected chi connectivity index (χ1v) is 15.0. The molecule has 1 saturated carbocycles. The molecule has 5 aromatic rings. The minimum atomic E-state index is -0.949. The Morgan fingerprint density at radius 3 is 2.17 bits per heavy atom. The van der Waals surface area contributed by atoms with E-state index in [0.29, 0.717) is 29.7 Å². The van der Waals surface area contributed by atoms with Crippen LogP contribution in [0, 0.1) is 17.7 Å². The number of hydrogen-bond donors (Lipinski definition) is 0. The van der Waals surface area contributed by atoms with Gasteiger partial charge in [-0.25, -0.2) is 14.0 Å². The van der Waals surface area contributed by atoms with Crippen LogP contribution in [0.25, 0.3) is 25.1 Å². The summed E-state index contributed by atoms with van der Waals surface area (Å²) in [5.41, 5.74) is 0.00328. The smallest absolute Gasteiger partial charge is 0.345 e. The van der Waals surface area contributed by atoms with Crippen molar-refractivity contribution in [3.63, 3.8) is 0 Å². The van der Waals surface area contributed by atoms with Crippen molar-refractivity contribution in [3.8, 4) is 22.5 Å². The lowest BCUT2D eigenvalue weighted by molar-refractivity contribution is -0.157. The van der Waals surface area contributed by atoms with Crippen LogP contribution >= 0.6 is 10.5 Å². The Kier molecular flexibility index (Phi) is 7.64. The number of hydrogen-bond acceptors (Lipinski definition) is 5. The Morgan fingerprint density at radius 1 is 0.881 bits per heavy atom. The number of fused-ring (bicyclic) bond motifs is 3. The molecule has 0 unspecified atom stereocenters. The third kappa shape index (κ3) is 5.46. The summed E-state index contributed by atoms with van der Waals surface area (Å²) in [6.45, 7) is -0.530. The second kappa shape index (κ2) is 11.7. The second-order valence-corrected chi connectivity index (χ2v) is 12.1. The highest BCUT2D eigenvalue weighted by Crippen LogP contribution is 2.51. The first-order valence-electron chi connectivity index (χ1n) is 13.7. The first kappa shape index (κ1) is 27.5. The van der Waals surface area contributed by atoms with Gasteiger partial charge >= 0.3 is 11.9 Å². The van der Waals surface area contributed by atoms with Gasteiger partial charge in [-0.15, -0.1) is 0 Å². The molecule has 0 spiro atoms. The molecule has 6 rings (SSSR count). The molecule has 1 aromatic heterocycles. The zero-order chi connectivity index (χ0) is 29.1. The summed E-state index contributed by atoms with van der Waals surface area (Å²) in [5.74, 6) is 5.12. The van der Waals surface area contributed by atoms with Crippen LogP contribution < -0.4 is 4.74 Å². The Balaban J connectivity index is 1.22. The van der Waals surface area contributed by atoms with Gasteiger partial charge in [0.05, 0.1) is 12.7 Å². The lowest BCUT2D eigenvalue weighted by atomic mass is 10.0. The molecule has 0 radical (unpaired) electrons. The minimum absolute atomic E-state index is 0.319. The highest BCUT2D eigenvalue weighted by atomic mass is 32.2. The number of halogens is 1. The van der Waals surface area contributed by atoms with Crippen LogP contribution in [-0.4, -0.2) is 31.3 Å². The highest BCUT2D eigenvalue weighted by molar-refractivity contribution is 7.50. The number of carbonyl (C=O) groups is 2. The predicted octanol–water partition coefficient (Wildman–Crippen LogP) is 7.94. The van der Waals surface area contributed by atoms with Crippen molar-refractivity contribution >= 4 is 42.6 Å². The number of ether oxygens (including phenoxy) is 3. The molecule has 5 nitrogen and oxygen atoms in total. The molecule has 1 aliphatic carbocycles. The van der Waals surface area contributed by atoms with Gasteiger partial charge in [0.15, 0.2) is 27.4 Å². The number of rotatable bonds is 6. The molecular weight excluding hydrogens is 551 g/mol. The van der Waals surface area contributed by atoms with Crippen molar-refractivity contribution in [2.45, 2.75) is 31.3 Å². The molecule has 0 atom stereocenters. The van der Waals surface area contributed by atoms with Crippen molar-refractivity contribution in [1.29, 1.82) is 0 Å². The van der Waals surface area contributed by atoms with E-state index < -0.39 is 34.6 Å². The molecule has 4 aromatic carbocycles. The van der Waals surface area contributed by atoms with Gasteiger partial charge < -0.3 is 14.2 Å². The van der Waals surface area contributed by atoms with Crippen molar-refractivity contribution in [2.75, 3.05) is 13.7 Å². The molecule has 0 N–H and O–H groups in total. The van der Waals surface area contributed by atoms with E-state index in [4.69, 9.17) is 14.2 Å². The molecule has 0 aliphatic heterocycles. The van der Waals surface area contributed by atoms with Gasteiger partial charge in [-0.2, -0.15) is 0 Å². The Labute approximate surface area is 245 Å². The van der Waals surface area contributed by atoms with Gasteiger partial charge in [0.25, 0.3) is 0 Å². The second-order valence-electron chi connectivity index (χ2n) is 10.2. The maximum atomic E-state index is 13.2. The molecule has 1 aliphatic rings. The highest BCUT2D eigenvalue weighted by Gasteiger charge is 2.36. The quantitative estimate of drug-likeness (QED) is 0.116. The number of carbonyl (C=O) groups excluding carboxylic acids is 2. The van der Waals surface area contributed by atoms with Crippen molar-refractivity contribution in [3.05, 3.63) is 108 Å². The van der Waals surface area contributed by atoms with E-state index in [9.17, 15) is 14.0 Å². The molecule has 1 fully saturated rings. The summed E-state index contributed by atoms with van der Waals surface area (Å²) in [7, 11) is 1.13. The molecule has 0 amide bonds. The summed E-state index contributed by atoms with van der Waals surface area (Å²) >= 11 is 0. The van der Waals surface area contributed by atoms with Gasteiger partial charge in [0, 0.05) is 32.9 Å². The van der Waals surface area contributed by atoms with E-state index in [1.54, 1.807) is 37.4 Å². The van der Waals surface area contributed by atoms with E-state index in [2.05, 4.69) is 36.1 Å². The van der Waals surface area contributed by atoms with Crippen molar-refractivity contribution in [2.24, 2.45) is 0 Å². The largest absolute Gasteiger partial charge is 0.491 e. The van der Waals surface area contributed by atoms with E-state index in [1.807, 2.05) is 24.3 Å². The summed E-state index contributed by atoms with van der Waals surface area (Å²) in [5, 5.41) is 2.33. The third-order valence-electron chi connectivity index (χ3n) is 7.44. The molecule has 210 valence electrons. The van der Waals surface area contributed by atoms with Crippen LogP contribution in [0.15, 0.2) is 91.0 Å². The molecule has 7 heteroatoms. The van der Waals surface area contributed by atoms with E-state index in [-0.39, 0.29) is 5.82 Å². The number of thiophene rings is 1. The van der Waals surface area contributed by atoms with Gasteiger partial charge in [-0.05, 0) is 92.3 Å². The fourth-order valence-electron chi connectivity index (χ4n) is 5.43. The minimum Gasteiger partial charge on any atom is -0.491 e. The zero-order valence-electron chi connectivity index (χ0n) is 23.0. The molecular formula is C35H28FO5S+. The fourth-order valence-corrected chi connectivity index (χ4v) is 7.96. The van der Waals surface area contributed by atoms with Crippen molar-refractivity contribution in [1.82, 2.24) is 0 Å². The predicted molar refractivity (Wildman–Crippen MR) is 163 cm³/mol. The number of methoxy groups -OCH3 is 1. The Hall–Kier alpha value is -4.67. The van der Waals surface area contributed by atoms with Crippen LogP contribution in [0.5, 0.6) is 5.75 Å². The van der Waals surface area contributed by atoms with Crippen LogP contribution in [-0.2, 0) is 14.3 Å². The average molecular weight is 580 g/mol. The van der Waals surface area contributed by atoms with Gasteiger partial charge in [-0.1, -0.05) is 30.2 Å². The Bertz CT molecular complexity index is 1800. The topological polar surface area (TPSA) is 61.8 Å². The lowest BCUT2D eigenvalue weighted by Crippen LogP contribution is -2.32. The summed E-state index contributed by atoms with van der Waals surface area (Å²) in [6.07, 6.45) is 2.92. The van der Waals surface area contributed by atoms with Crippen LogP contribution in [0.2, 0.25) is 0 Å². The number of benzene rings is 4. The van der Waals surface area contributed by atoms with Gasteiger partial charge in [-0.3, -0.25) is 0 Å². The fraction of sp³-hybridized carbons (Fsp3) is 0.200. The van der Waals surface area contributed by atoms with Crippen LogP contribution in [0.4, 0.5) is 4.39 Å². The van der Waals surface area contributed by atoms with E-state index in [0.717, 1.165) is 37.9 Å². The summed E-state index contributed by atoms with van der Waals surface area (Å²) < 4.78 is 32.5. The maximum Gasteiger partial charge on any atom is 0.345 e. The third-order valence-corrected chi connectivity index (χ3v) is 9.79. The lowest BCUT2D eigenvalue weighted by Gasteiger charge is -2.23. The SMILES string of the molecule is COc1ccc(C(=O)OCC(=O)OC2(C#Cc3ccc(F)cc3)CCCC2)cc1-[s+]1c2ccccc2c2ccccc21. The van der Waals surface area contributed by atoms with Crippen LogP contribution in [0.3, 0.4) is 0 Å². The summed E-state index contributed by atoms with van der Waals surface area (Å²) in [4.78, 5) is 26.8. The van der Waals surface area contributed by atoms with Gasteiger partial charge in [0.1, 0.15) is 5.82 Å². The van der Waals surface area contributed by atoms with E-state index in [1.165, 1.54) is 12.1 Å². The first-order chi connectivity index (χ1) is 20.5.